The zero-order valence-corrected chi connectivity index (χ0v) is 15.5. The summed E-state index contributed by atoms with van der Waals surface area (Å²) in [5.74, 6) is -0.797. The van der Waals surface area contributed by atoms with Gasteiger partial charge in [-0.15, -0.1) is 11.3 Å². The van der Waals surface area contributed by atoms with E-state index in [4.69, 9.17) is 4.74 Å². The van der Waals surface area contributed by atoms with E-state index in [-0.39, 0.29) is 16.3 Å². The van der Waals surface area contributed by atoms with Crippen LogP contribution in [0.5, 0.6) is 5.88 Å². The van der Waals surface area contributed by atoms with Gasteiger partial charge in [0.05, 0.1) is 7.11 Å². The number of carbonyl (C=O) groups excluding carboxylic acids is 1. The number of aromatic nitrogens is 1. The number of methoxy groups -OCH3 is 1. The highest BCUT2D eigenvalue weighted by Crippen LogP contribution is 2.31. The molecule has 2 heterocycles. The van der Waals surface area contributed by atoms with Crippen LogP contribution in [0.1, 0.15) is 10.4 Å². The monoisotopic (exact) mass is 426 g/mol. The third kappa shape index (κ3) is 3.14. The van der Waals surface area contributed by atoms with Gasteiger partial charge in [0.1, 0.15) is 4.90 Å². The van der Waals surface area contributed by atoms with Crippen LogP contribution < -0.4 is 9.46 Å². The second-order valence-corrected chi connectivity index (χ2v) is 8.16. The van der Waals surface area contributed by atoms with Crippen molar-refractivity contribution in [3.05, 3.63) is 51.9 Å². The van der Waals surface area contributed by atoms with Crippen LogP contribution in [0.2, 0.25) is 0 Å². The molecule has 124 valence electrons. The molecule has 3 rings (SSSR count). The van der Waals surface area contributed by atoms with Gasteiger partial charge in [-0.2, -0.15) is 0 Å². The summed E-state index contributed by atoms with van der Waals surface area (Å²) in [6.07, 6.45) is 1.40. The first-order chi connectivity index (χ1) is 11.4. The van der Waals surface area contributed by atoms with Crippen molar-refractivity contribution in [3.8, 4) is 5.88 Å². The molecule has 24 heavy (non-hydrogen) atoms. The standard InChI is InChI=1S/C15H11BrN2O4S2/c1-22-15-13(3-2-6-17-15)24(20,21)18-14(19)9-4-5-12-10(7-9)11(16)8-23-12/h2-8H,1H3,(H,18,19). The van der Waals surface area contributed by atoms with E-state index in [1.54, 1.807) is 18.2 Å². The molecule has 0 radical (unpaired) electrons. The summed E-state index contributed by atoms with van der Waals surface area (Å²) in [6.45, 7) is 0. The number of thiophene rings is 1. The number of pyridine rings is 1. The molecule has 0 unspecified atom stereocenters. The van der Waals surface area contributed by atoms with Gasteiger partial charge in [-0.1, -0.05) is 0 Å². The van der Waals surface area contributed by atoms with Gasteiger partial charge in [0.25, 0.3) is 15.9 Å². The van der Waals surface area contributed by atoms with Gasteiger partial charge in [0.2, 0.25) is 5.88 Å². The second-order valence-electron chi connectivity index (χ2n) is 4.74. The molecule has 1 amide bonds. The summed E-state index contributed by atoms with van der Waals surface area (Å²) in [5.41, 5.74) is 0.244. The molecule has 2 aromatic heterocycles. The molecule has 6 nitrogen and oxygen atoms in total. The Bertz CT molecular complexity index is 1030. The minimum atomic E-state index is -4.10. The maximum atomic E-state index is 12.4. The van der Waals surface area contributed by atoms with Crippen molar-refractivity contribution in [1.29, 1.82) is 0 Å². The first-order valence-electron chi connectivity index (χ1n) is 6.65. The lowest BCUT2D eigenvalue weighted by molar-refractivity contribution is 0.0981. The first kappa shape index (κ1) is 16.9. The average molecular weight is 427 g/mol. The third-order valence-corrected chi connectivity index (χ3v) is 6.50. The summed E-state index contributed by atoms with van der Waals surface area (Å²) >= 11 is 4.93. The number of amides is 1. The average Bonchev–Trinajstić information content (AvgIpc) is 2.95. The number of nitrogens with zero attached hydrogens (tertiary/aromatic N) is 1. The molecule has 0 aliphatic carbocycles. The van der Waals surface area contributed by atoms with Gasteiger partial charge >= 0.3 is 0 Å². The van der Waals surface area contributed by atoms with Crippen LogP contribution >= 0.6 is 27.3 Å². The van der Waals surface area contributed by atoms with Crippen molar-refractivity contribution < 1.29 is 17.9 Å². The maximum Gasteiger partial charge on any atom is 0.269 e. The normalized spacial score (nSPS) is 11.4. The van der Waals surface area contributed by atoms with Gasteiger partial charge in [-0.3, -0.25) is 4.79 Å². The Morgan fingerprint density at radius 3 is 2.88 bits per heavy atom. The van der Waals surface area contributed by atoms with E-state index in [0.29, 0.717) is 0 Å². The summed E-state index contributed by atoms with van der Waals surface area (Å²) in [4.78, 5) is 16.0. The number of carbonyl (C=O) groups is 1. The van der Waals surface area contributed by atoms with E-state index in [9.17, 15) is 13.2 Å². The zero-order valence-electron chi connectivity index (χ0n) is 12.3. The number of halogens is 1. The van der Waals surface area contributed by atoms with Crippen molar-refractivity contribution in [2.45, 2.75) is 4.90 Å². The maximum absolute atomic E-state index is 12.4. The molecule has 0 bridgehead atoms. The van der Waals surface area contributed by atoms with Gasteiger partial charge in [-0.05, 0) is 46.3 Å². The SMILES string of the molecule is COc1ncccc1S(=O)(=O)NC(=O)c1ccc2scc(Br)c2c1. The van der Waals surface area contributed by atoms with Crippen molar-refractivity contribution >= 4 is 53.3 Å². The minimum Gasteiger partial charge on any atom is -0.480 e. The molecular weight excluding hydrogens is 416 g/mol. The van der Waals surface area contributed by atoms with E-state index >= 15 is 0 Å². The van der Waals surface area contributed by atoms with E-state index in [2.05, 4.69) is 20.9 Å². The van der Waals surface area contributed by atoms with Gasteiger partial charge in [-0.25, -0.2) is 18.1 Å². The molecule has 1 N–H and O–H groups in total. The van der Waals surface area contributed by atoms with E-state index < -0.39 is 15.9 Å². The van der Waals surface area contributed by atoms with Crippen molar-refractivity contribution in [2.75, 3.05) is 7.11 Å². The highest BCUT2D eigenvalue weighted by atomic mass is 79.9. The number of nitrogens with one attached hydrogen (secondary N) is 1. The first-order valence-corrected chi connectivity index (χ1v) is 9.81. The van der Waals surface area contributed by atoms with E-state index in [0.717, 1.165) is 14.6 Å². The topological polar surface area (TPSA) is 85.4 Å². The second kappa shape index (κ2) is 6.50. The van der Waals surface area contributed by atoms with Crippen LogP contribution in [-0.2, 0) is 10.0 Å². The Hall–Kier alpha value is -1.97. The number of rotatable bonds is 4. The number of sulfonamides is 1. The van der Waals surface area contributed by atoms with Crippen LogP contribution in [0.3, 0.4) is 0 Å². The zero-order chi connectivity index (χ0) is 17.3. The molecule has 1 aromatic carbocycles. The van der Waals surface area contributed by atoms with Crippen molar-refractivity contribution in [3.63, 3.8) is 0 Å². The van der Waals surface area contributed by atoms with Crippen molar-refractivity contribution in [2.24, 2.45) is 0 Å². The number of hydrogen-bond donors (Lipinski definition) is 1. The molecule has 0 aliphatic rings. The molecule has 9 heteroatoms. The quantitative estimate of drug-likeness (QED) is 0.692. The van der Waals surface area contributed by atoms with Gasteiger partial charge in [0.15, 0.2) is 0 Å². The fourth-order valence-electron chi connectivity index (χ4n) is 2.11. The molecule has 0 saturated heterocycles. The van der Waals surface area contributed by atoms with Crippen LogP contribution in [0.4, 0.5) is 0 Å². The van der Waals surface area contributed by atoms with Gasteiger partial charge < -0.3 is 4.74 Å². The number of ether oxygens (including phenoxy) is 1. The van der Waals surface area contributed by atoms with Crippen LogP contribution in [0.25, 0.3) is 10.1 Å². The number of benzene rings is 1. The molecule has 0 spiro atoms. The summed E-state index contributed by atoms with van der Waals surface area (Å²) < 4.78 is 33.7. The van der Waals surface area contributed by atoms with Crippen LogP contribution in [0, 0.1) is 0 Å². The lowest BCUT2D eigenvalue weighted by atomic mass is 10.1. The van der Waals surface area contributed by atoms with Gasteiger partial charge in [0, 0.05) is 31.7 Å². The molecule has 0 atom stereocenters. The van der Waals surface area contributed by atoms with Crippen LogP contribution in [-0.4, -0.2) is 26.4 Å². The largest absolute Gasteiger partial charge is 0.480 e. The predicted molar refractivity (Wildman–Crippen MR) is 95.0 cm³/mol. The minimum absolute atomic E-state index is 0.0752. The lowest BCUT2D eigenvalue weighted by Gasteiger charge is -2.09. The summed E-state index contributed by atoms with van der Waals surface area (Å²) in [6, 6.07) is 7.77. The van der Waals surface area contributed by atoms with E-state index in [1.165, 1.54) is 36.8 Å². The van der Waals surface area contributed by atoms with Crippen molar-refractivity contribution in [1.82, 2.24) is 9.71 Å². The third-order valence-electron chi connectivity index (χ3n) is 3.23. The Kier molecular flexibility index (Phi) is 4.57. The highest BCUT2D eigenvalue weighted by Gasteiger charge is 2.23. The molecular formula is C15H11BrN2O4S2. The Labute approximate surface area is 150 Å². The Balaban J connectivity index is 1.93. The number of hydrogen-bond acceptors (Lipinski definition) is 6. The fraction of sp³-hybridized carbons (Fsp3) is 0.0667. The predicted octanol–water partition coefficient (Wildman–Crippen LogP) is 3.19. The Morgan fingerprint density at radius 1 is 1.33 bits per heavy atom. The fourth-order valence-corrected chi connectivity index (χ4v) is 4.74. The highest BCUT2D eigenvalue weighted by molar-refractivity contribution is 9.10. The Morgan fingerprint density at radius 2 is 2.12 bits per heavy atom. The molecule has 3 aromatic rings. The lowest BCUT2D eigenvalue weighted by Crippen LogP contribution is -2.31. The smallest absolute Gasteiger partial charge is 0.269 e. The molecule has 0 saturated carbocycles. The molecule has 0 fully saturated rings. The summed E-state index contributed by atoms with van der Waals surface area (Å²) in [5, 5.41) is 2.76. The van der Waals surface area contributed by atoms with Crippen LogP contribution in [0.15, 0.2) is 51.3 Å². The summed E-state index contributed by atoms with van der Waals surface area (Å²) in [7, 11) is -2.79. The number of fused-ring (bicyclic) bond motifs is 1. The molecule has 0 aliphatic heterocycles. The van der Waals surface area contributed by atoms with E-state index in [1.807, 2.05) is 10.1 Å².